The maximum atomic E-state index is 12.8. The normalized spacial score (nSPS) is 13.5. The monoisotopic (exact) mass is 347 g/mol. The summed E-state index contributed by atoms with van der Waals surface area (Å²) in [5.41, 5.74) is 2.59. The van der Waals surface area contributed by atoms with Crippen LogP contribution in [0.3, 0.4) is 0 Å². The van der Waals surface area contributed by atoms with Crippen LogP contribution in [0.4, 0.5) is 16.2 Å². The minimum atomic E-state index is -0.237. The molecule has 2 N–H and O–H groups in total. The van der Waals surface area contributed by atoms with E-state index in [-0.39, 0.29) is 11.9 Å². The van der Waals surface area contributed by atoms with E-state index in [0.717, 1.165) is 5.69 Å². The van der Waals surface area contributed by atoms with Gasteiger partial charge in [-0.2, -0.15) is 5.10 Å². The van der Waals surface area contributed by atoms with E-state index in [1.54, 1.807) is 46.2 Å². The quantitative estimate of drug-likeness (QED) is 0.761. The third kappa shape index (κ3) is 3.02. The van der Waals surface area contributed by atoms with E-state index in [1.807, 2.05) is 30.3 Å². The molecule has 7 heteroatoms. The lowest BCUT2D eigenvalue weighted by molar-refractivity contribution is 0.102. The van der Waals surface area contributed by atoms with Crippen molar-refractivity contribution in [1.29, 1.82) is 0 Å². The minimum absolute atomic E-state index is 0.127. The van der Waals surface area contributed by atoms with E-state index in [9.17, 15) is 9.59 Å². The highest BCUT2D eigenvalue weighted by Crippen LogP contribution is 2.22. The molecule has 7 nitrogen and oxygen atoms in total. The Bertz CT molecular complexity index is 952. The third-order valence-corrected chi connectivity index (χ3v) is 4.17. The van der Waals surface area contributed by atoms with Gasteiger partial charge in [-0.15, -0.1) is 0 Å². The van der Waals surface area contributed by atoms with Crippen LogP contribution < -0.4 is 15.5 Å². The van der Waals surface area contributed by atoms with E-state index in [4.69, 9.17) is 0 Å². The molecule has 0 saturated carbocycles. The SMILES string of the molecule is O=C(Nc1cccc(N2CCNC2=O)c1)c1ccccc1-n1cccn1. The Kier molecular flexibility index (Phi) is 4.10. The van der Waals surface area contributed by atoms with Crippen molar-refractivity contribution >= 4 is 23.3 Å². The number of benzene rings is 2. The number of urea groups is 1. The largest absolute Gasteiger partial charge is 0.336 e. The number of hydrogen-bond donors (Lipinski definition) is 2. The highest BCUT2D eigenvalue weighted by Gasteiger charge is 2.21. The van der Waals surface area contributed by atoms with Gasteiger partial charge in [0.25, 0.3) is 5.91 Å². The molecule has 1 fully saturated rings. The van der Waals surface area contributed by atoms with Crippen molar-refractivity contribution in [2.24, 2.45) is 0 Å². The van der Waals surface area contributed by atoms with Crippen molar-refractivity contribution in [3.8, 4) is 5.69 Å². The molecule has 4 rings (SSSR count). The van der Waals surface area contributed by atoms with Crippen LogP contribution in [-0.2, 0) is 0 Å². The number of aromatic nitrogens is 2. The zero-order valence-electron chi connectivity index (χ0n) is 13.9. The molecule has 26 heavy (non-hydrogen) atoms. The molecule has 0 aliphatic carbocycles. The van der Waals surface area contributed by atoms with Crippen molar-refractivity contribution in [2.75, 3.05) is 23.3 Å². The molecule has 2 heterocycles. The molecule has 1 aliphatic heterocycles. The van der Waals surface area contributed by atoms with Crippen molar-refractivity contribution in [3.05, 3.63) is 72.6 Å². The topological polar surface area (TPSA) is 79.3 Å². The summed E-state index contributed by atoms with van der Waals surface area (Å²) in [7, 11) is 0. The first-order valence-corrected chi connectivity index (χ1v) is 8.28. The number of rotatable bonds is 4. The van der Waals surface area contributed by atoms with Gasteiger partial charge in [0, 0.05) is 36.9 Å². The van der Waals surface area contributed by atoms with Crippen molar-refractivity contribution in [1.82, 2.24) is 15.1 Å². The van der Waals surface area contributed by atoms with Gasteiger partial charge in [0.1, 0.15) is 0 Å². The fourth-order valence-corrected chi connectivity index (χ4v) is 2.94. The lowest BCUT2D eigenvalue weighted by atomic mass is 10.1. The summed E-state index contributed by atoms with van der Waals surface area (Å²) in [6.07, 6.45) is 3.46. The van der Waals surface area contributed by atoms with Gasteiger partial charge in [-0.05, 0) is 36.4 Å². The average Bonchev–Trinajstić information content (AvgIpc) is 3.33. The lowest BCUT2D eigenvalue weighted by Gasteiger charge is -2.16. The highest BCUT2D eigenvalue weighted by atomic mass is 16.2. The standard InChI is InChI=1S/C19H17N5O2/c25-18(16-7-1-2-8-17(16)24-11-4-9-21-24)22-14-5-3-6-15(13-14)23-12-10-20-19(23)26/h1-9,11,13H,10,12H2,(H,20,26)(H,22,25). The molecule has 1 aliphatic rings. The van der Waals surface area contributed by atoms with Crippen molar-refractivity contribution in [3.63, 3.8) is 0 Å². The van der Waals surface area contributed by atoms with Crippen LogP contribution in [-0.4, -0.2) is 34.8 Å². The summed E-state index contributed by atoms with van der Waals surface area (Å²) >= 11 is 0. The molecule has 0 unspecified atom stereocenters. The maximum absolute atomic E-state index is 12.8. The van der Waals surface area contributed by atoms with E-state index in [0.29, 0.717) is 30.0 Å². The molecular weight excluding hydrogens is 330 g/mol. The molecule has 1 saturated heterocycles. The van der Waals surface area contributed by atoms with Crippen LogP contribution in [0.1, 0.15) is 10.4 Å². The van der Waals surface area contributed by atoms with E-state index < -0.39 is 0 Å². The highest BCUT2D eigenvalue weighted by molar-refractivity contribution is 6.07. The van der Waals surface area contributed by atoms with E-state index >= 15 is 0 Å². The first-order chi connectivity index (χ1) is 12.7. The Morgan fingerprint density at radius 1 is 1.12 bits per heavy atom. The summed E-state index contributed by atoms with van der Waals surface area (Å²) in [5, 5.41) is 9.86. The van der Waals surface area contributed by atoms with E-state index in [1.165, 1.54) is 0 Å². The number of nitrogens with one attached hydrogen (secondary N) is 2. The Balaban J connectivity index is 1.59. The van der Waals surface area contributed by atoms with Gasteiger partial charge in [0.15, 0.2) is 0 Å². The molecular formula is C19H17N5O2. The summed E-state index contributed by atoms with van der Waals surface area (Å²) in [5.74, 6) is -0.237. The van der Waals surface area contributed by atoms with Gasteiger partial charge in [-0.3, -0.25) is 9.69 Å². The summed E-state index contributed by atoms with van der Waals surface area (Å²) in [6.45, 7) is 1.23. The maximum Gasteiger partial charge on any atom is 0.321 e. The van der Waals surface area contributed by atoms with Gasteiger partial charge in [-0.1, -0.05) is 18.2 Å². The van der Waals surface area contributed by atoms with Crippen molar-refractivity contribution < 1.29 is 9.59 Å². The zero-order chi connectivity index (χ0) is 17.9. The number of para-hydroxylation sites is 1. The Labute approximate surface area is 150 Å². The first-order valence-electron chi connectivity index (χ1n) is 8.28. The van der Waals surface area contributed by atoms with Crippen LogP contribution in [0.15, 0.2) is 67.0 Å². The predicted molar refractivity (Wildman–Crippen MR) is 98.7 cm³/mol. The summed E-state index contributed by atoms with van der Waals surface area (Å²) in [4.78, 5) is 26.3. The Morgan fingerprint density at radius 2 is 2.00 bits per heavy atom. The number of carbonyl (C=O) groups excluding carboxylic acids is 2. The van der Waals surface area contributed by atoms with Gasteiger partial charge in [-0.25, -0.2) is 9.48 Å². The van der Waals surface area contributed by atoms with Crippen molar-refractivity contribution in [2.45, 2.75) is 0 Å². The molecule has 1 aromatic heterocycles. The molecule has 0 radical (unpaired) electrons. The summed E-state index contributed by atoms with van der Waals surface area (Å²) < 4.78 is 1.65. The van der Waals surface area contributed by atoms with Gasteiger partial charge >= 0.3 is 6.03 Å². The van der Waals surface area contributed by atoms with Crippen LogP contribution in [0.2, 0.25) is 0 Å². The number of anilines is 2. The molecule has 0 spiro atoms. The second kappa shape index (κ2) is 6.72. The van der Waals surface area contributed by atoms with Crippen LogP contribution in [0.5, 0.6) is 0 Å². The number of carbonyl (C=O) groups is 2. The lowest BCUT2D eigenvalue weighted by Crippen LogP contribution is -2.27. The van der Waals surface area contributed by atoms with Gasteiger partial charge < -0.3 is 10.6 Å². The Morgan fingerprint density at radius 3 is 2.77 bits per heavy atom. The predicted octanol–water partition coefficient (Wildman–Crippen LogP) is 2.65. The molecule has 0 atom stereocenters. The third-order valence-electron chi connectivity index (χ3n) is 4.17. The zero-order valence-corrected chi connectivity index (χ0v) is 13.9. The fourth-order valence-electron chi connectivity index (χ4n) is 2.94. The summed E-state index contributed by atoms with van der Waals surface area (Å²) in [6, 6.07) is 16.2. The minimum Gasteiger partial charge on any atom is -0.336 e. The first kappa shape index (κ1) is 15.9. The smallest absolute Gasteiger partial charge is 0.321 e. The molecule has 2 aromatic carbocycles. The molecule has 130 valence electrons. The van der Waals surface area contributed by atoms with E-state index in [2.05, 4.69) is 15.7 Å². The second-order valence-electron chi connectivity index (χ2n) is 5.86. The number of nitrogens with zero attached hydrogens (tertiary/aromatic N) is 3. The molecule has 3 amide bonds. The number of hydrogen-bond acceptors (Lipinski definition) is 3. The Hall–Kier alpha value is -3.61. The van der Waals surface area contributed by atoms with Crippen LogP contribution in [0.25, 0.3) is 5.69 Å². The van der Waals surface area contributed by atoms with Crippen LogP contribution in [0, 0.1) is 0 Å². The average molecular weight is 347 g/mol. The fraction of sp³-hybridized carbons (Fsp3) is 0.105. The molecule has 3 aromatic rings. The van der Waals surface area contributed by atoms with Gasteiger partial charge in [0.05, 0.1) is 11.3 Å². The number of amides is 3. The second-order valence-corrected chi connectivity index (χ2v) is 5.86. The van der Waals surface area contributed by atoms with Crippen LogP contribution >= 0.6 is 0 Å². The van der Waals surface area contributed by atoms with Gasteiger partial charge in [0.2, 0.25) is 0 Å². The molecule has 0 bridgehead atoms.